The van der Waals surface area contributed by atoms with Gasteiger partial charge in [0.15, 0.2) is 24.8 Å². The lowest BCUT2D eigenvalue weighted by atomic mass is 10.1. The van der Waals surface area contributed by atoms with Crippen LogP contribution in [0.1, 0.15) is 21.5 Å². The molecule has 0 atom stereocenters. The Balaban J connectivity index is 0.000000252. The highest BCUT2D eigenvalue weighted by atomic mass is 32.2. The smallest absolute Gasteiger partial charge is 0.255 e. The summed E-state index contributed by atoms with van der Waals surface area (Å²) in [6, 6.07) is 42.6. The number of nitrogens with one attached hydrogen (secondary N) is 2. The van der Waals surface area contributed by atoms with Crippen molar-refractivity contribution in [2.45, 2.75) is 23.6 Å². The van der Waals surface area contributed by atoms with Crippen molar-refractivity contribution in [1.29, 1.82) is 0 Å². The maximum Gasteiger partial charge on any atom is 0.255 e. The van der Waals surface area contributed by atoms with Crippen molar-refractivity contribution in [2.24, 2.45) is 24.4 Å². The first-order valence-corrected chi connectivity index (χ1v) is 21.1. The topological polar surface area (TPSA) is 188 Å². The summed E-state index contributed by atoms with van der Waals surface area (Å²) in [6.07, 6.45) is 8.06. The zero-order valence-corrected chi connectivity index (χ0v) is 34.8. The lowest BCUT2D eigenvalue weighted by Crippen LogP contribution is -2.25. The van der Waals surface area contributed by atoms with Crippen molar-refractivity contribution >= 4 is 43.2 Å². The number of pyridine rings is 2. The first-order chi connectivity index (χ1) is 28.5. The molecule has 13 nitrogen and oxygen atoms in total. The van der Waals surface area contributed by atoms with Gasteiger partial charge in [-0.1, -0.05) is 64.9 Å². The third kappa shape index (κ3) is 13.6. The maximum atomic E-state index is 12.7. The van der Waals surface area contributed by atoms with E-state index in [0.29, 0.717) is 11.3 Å². The molecular weight excluding hydrogens is 801 g/mol. The molecule has 0 saturated carbocycles. The molecule has 0 bridgehead atoms. The predicted molar refractivity (Wildman–Crippen MR) is 227 cm³/mol. The zero-order chi connectivity index (χ0) is 43.3. The molecule has 7 aromatic rings. The van der Waals surface area contributed by atoms with Crippen molar-refractivity contribution in [3.63, 3.8) is 0 Å². The van der Waals surface area contributed by atoms with Crippen LogP contribution in [0.15, 0.2) is 191 Å². The van der Waals surface area contributed by atoms with Crippen LogP contribution in [0.4, 0.5) is 17.1 Å². The van der Waals surface area contributed by atoms with E-state index < -0.39 is 20.2 Å². The van der Waals surface area contributed by atoms with Crippen LogP contribution in [-0.4, -0.2) is 31.8 Å². The fourth-order valence-corrected chi connectivity index (χ4v) is 6.24. The quantitative estimate of drug-likeness (QED) is 0.0637. The fraction of sp³-hybridized carbons (Fsp3) is 0.0889. The number of carbonyl (C=O) groups is 1. The Kier molecular flexibility index (Phi) is 14.9. The van der Waals surface area contributed by atoms with Crippen LogP contribution in [0.2, 0.25) is 0 Å². The molecule has 2 heterocycles. The number of benzene rings is 5. The number of amides is 1. The van der Waals surface area contributed by atoms with Gasteiger partial charge in [-0.2, -0.15) is 0 Å². The van der Waals surface area contributed by atoms with Crippen molar-refractivity contribution in [1.82, 2.24) is 0 Å². The van der Waals surface area contributed by atoms with Crippen molar-refractivity contribution < 1.29 is 39.9 Å². The van der Waals surface area contributed by atoms with E-state index in [4.69, 9.17) is 0 Å². The number of hydrogen-bond acceptors (Lipinski definition) is 9. The normalized spacial score (nSPS) is 11.1. The lowest BCUT2D eigenvalue weighted by molar-refractivity contribution is -0.671. The highest BCUT2D eigenvalue weighted by Gasteiger charge is 2.08. The summed E-state index contributed by atoms with van der Waals surface area (Å²) < 4.78 is 66.3. The monoisotopic (exact) mass is 842 g/mol. The number of nitrogens with zero attached hydrogens (tertiary/aromatic N) is 4. The van der Waals surface area contributed by atoms with Crippen LogP contribution in [0.3, 0.4) is 0 Å². The fourth-order valence-electron chi connectivity index (χ4n) is 5.30. The van der Waals surface area contributed by atoms with Crippen molar-refractivity contribution in [3.05, 3.63) is 187 Å². The van der Waals surface area contributed by atoms with Crippen molar-refractivity contribution in [2.75, 3.05) is 10.7 Å². The minimum absolute atomic E-state index is 0.178. The van der Waals surface area contributed by atoms with Gasteiger partial charge in [0.2, 0.25) is 0 Å². The summed E-state index contributed by atoms with van der Waals surface area (Å²) in [7, 11) is -4.56. The molecule has 0 saturated heterocycles. The highest BCUT2D eigenvalue weighted by Crippen LogP contribution is 2.23. The Morgan fingerprint density at radius 3 is 1.25 bits per heavy atom. The molecule has 2 aromatic heterocycles. The summed E-state index contributed by atoms with van der Waals surface area (Å²) in [5.41, 5.74) is 12.1. The standard InChI is InChI=1S/C31H26N6O.2C7H8O3S/c1-36-19-15-25(16-20-36)23-3-9-28(10-4-23)32-31(38)27-7-13-30(14-8-27)34-35-33-29-11-5-24(6-12-29)26-17-21-37(2)22-18-26;2*1-6-2-4-7(5-3-6)11(8,9)10/h3-22H,1-2H3;2*2-5H,1H3,(H,8,9,10). The molecule has 0 unspecified atom stereocenters. The van der Waals surface area contributed by atoms with Crippen LogP contribution in [-0.2, 0) is 34.3 Å². The largest absolute Gasteiger partial charge is 0.744 e. The molecule has 0 aliphatic heterocycles. The number of aromatic nitrogens is 2. The van der Waals surface area contributed by atoms with Gasteiger partial charge >= 0.3 is 0 Å². The molecular formula is C45H42N6O7S2. The van der Waals surface area contributed by atoms with Crippen LogP contribution in [0.25, 0.3) is 22.3 Å². The summed E-state index contributed by atoms with van der Waals surface area (Å²) in [6.45, 7) is 3.64. The molecule has 2 N–H and O–H groups in total. The number of hydrogen-bond donors (Lipinski definition) is 2. The van der Waals surface area contributed by atoms with Gasteiger partial charge in [-0.25, -0.2) is 26.0 Å². The van der Waals surface area contributed by atoms with Crippen molar-refractivity contribution in [3.8, 4) is 22.3 Å². The van der Waals surface area contributed by atoms with E-state index in [2.05, 4.69) is 45.3 Å². The Morgan fingerprint density at radius 1 is 0.500 bits per heavy atom. The highest BCUT2D eigenvalue weighted by molar-refractivity contribution is 7.86. The summed E-state index contributed by atoms with van der Waals surface area (Å²) in [4.78, 5) is 12.3. The zero-order valence-electron chi connectivity index (χ0n) is 33.1. The second-order valence-corrected chi connectivity index (χ2v) is 16.3. The summed E-state index contributed by atoms with van der Waals surface area (Å²) in [5.74, 6) is -0.182. The Morgan fingerprint density at radius 2 is 0.867 bits per heavy atom. The third-order valence-corrected chi connectivity index (χ3v) is 10.4. The molecule has 60 heavy (non-hydrogen) atoms. The molecule has 0 aliphatic carbocycles. The predicted octanol–water partition coefficient (Wildman–Crippen LogP) is 7.83. The molecule has 15 heteroatoms. The molecule has 0 spiro atoms. The van der Waals surface area contributed by atoms with Crippen LogP contribution >= 0.6 is 0 Å². The second kappa shape index (κ2) is 20.2. The molecule has 0 aliphatic rings. The van der Waals surface area contributed by atoms with E-state index in [-0.39, 0.29) is 15.7 Å². The SMILES string of the molecule is C[n+]1ccc(-c2ccc(NN=Nc3ccc(C(=O)Nc4ccc(-c5cc[n+](C)cc5)cc4)cc3)cc2)cc1.Cc1ccc(S(=O)(=O)[O-])cc1.Cc1ccc(S(=O)(=O)[O-])cc1. The Labute approximate surface area is 349 Å². The minimum atomic E-state index is -4.27. The summed E-state index contributed by atoms with van der Waals surface area (Å²) >= 11 is 0. The third-order valence-electron chi connectivity index (χ3n) is 8.74. The lowest BCUT2D eigenvalue weighted by Gasteiger charge is -2.07. The van der Waals surface area contributed by atoms with Crippen LogP contribution in [0.5, 0.6) is 0 Å². The van der Waals surface area contributed by atoms with E-state index >= 15 is 0 Å². The minimum Gasteiger partial charge on any atom is -0.744 e. The maximum absolute atomic E-state index is 12.7. The number of carbonyl (C=O) groups excluding carboxylic acids is 1. The second-order valence-electron chi connectivity index (χ2n) is 13.5. The van der Waals surface area contributed by atoms with E-state index in [0.717, 1.165) is 44.8 Å². The van der Waals surface area contributed by atoms with E-state index in [1.54, 1.807) is 48.5 Å². The van der Waals surface area contributed by atoms with Crippen LogP contribution < -0.4 is 19.9 Å². The average molecular weight is 843 g/mol. The van der Waals surface area contributed by atoms with E-state index in [1.807, 2.05) is 110 Å². The number of anilines is 2. The van der Waals surface area contributed by atoms with E-state index in [9.17, 15) is 30.7 Å². The Bertz CT molecular complexity index is 2670. The number of aryl methyl sites for hydroxylation is 4. The molecule has 7 rings (SSSR count). The van der Waals surface area contributed by atoms with Crippen LogP contribution in [0, 0.1) is 13.8 Å². The molecule has 1 amide bonds. The van der Waals surface area contributed by atoms with Gasteiger partial charge in [-0.05, 0) is 109 Å². The van der Waals surface area contributed by atoms with Gasteiger partial charge in [-0.3, -0.25) is 10.2 Å². The van der Waals surface area contributed by atoms with Gasteiger partial charge < -0.3 is 14.4 Å². The number of rotatable bonds is 9. The van der Waals surface area contributed by atoms with Gasteiger partial charge in [0.1, 0.15) is 34.3 Å². The first kappa shape index (κ1) is 44.2. The average Bonchev–Trinajstić information content (AvgIpc) is 3.22. The van der Waals surface area contributed by atoms with Gasteiger partial charge in [0.25, 0.3) is 5.91 Å². The molecule has 0 radical (unpaired) electrons. The molecule has 306 valence electrons. The summed E-state index contributed by atoms with van der Waals surface area (Å²) in [5, 5.41) is 11.2. The molecule has 5 aromatic carbocycles. The first-order valence-electron chi connectivity index (χ1n) is 18.3. The van der Waals surface area contributed by atoms with Gasteiger partial charge in [0, 0.05) is 35.5 Å². The van der Waals surface area contributed by atoms with Gasteiger partial charge in [-0.15, -0.1) is 5.11 Å². The van der Waals surface area contributed by atoms with E-state index in [1.165, 1.54) is 24.3 Å². The Hall–Kier alpha value is -6.91. The van der Waals surface area contributed by atoms with Gasteiger partial charge in [0.05, 0.1) is 21.2 Å². The molecule has 0 fully saturated rings.